The quantitative estimate of drug-likeness (QED) is 0.354. The fourth-order valence-electron chi connectivity index (χ4n) is 0.581. The molecular weight excluding hydrogens is 196 g/mol. The SMILES string of the molecule is NN.O=[N+]([O-])c1nccnc1[N+](=O)[O-]. The van der Waals surface area contributed by atoms with E-state index >= 15 is 0 Å². The highest BCUT2D eigenvalue weighted by molar-refractivity contribution is 5.37. The fraction of sp³-hybridized carbons (Fsp3) is 0. The molecule has 0 aliphatic heterocycles. The molecule has 0 amide bonds. The first-order valence-corrected chi connectivity index (χ1v) is 3.06. The van der Waals surface area contributed by atoms with E-state index in [1.54, 1.807) is 0 Å². The topological polar surface area (TPSA) is 164 Å². The van der Waals surface area contributed by atoms with Crippen LogP contribution in [0.2, 0.25) is 0 Å². The second-order valence-electron chi connectivity index (χ2n) is 1.72. The molecule has 4 N–H and O–H groups in total. The molecule has 0 saturated carbocycles. The molecule has 1 aromatic heterocycles. The summed E-state index contributed by atoms with van der Waals surface area (Å²) in [5.41, 5.74) is 0. The summed E-state index contributed by atoms with van der Waals surface area (Å²) in [5.74, 6) is 6.31. The van der Waals surface area contributed by atoms with Crippen LogP contribution < -0.4 is 11.7 Å². The third kappa shape index (κ3) is 2.69. The van der Waals surface area contributed by atoms with Crippen molar-refractivity contribution in [3.05, 3.63) is 32.6 Å². The van der Waals surface area contributed by atoms with Crippen molar-refractivity contribution in [3.63, 3.8) is 0 Å². The van der Waals surface area contributed by atoms with Crippen molar-refractivity contribution >= 4 is 11.6 Å². The zero-order valence-electron chi connectivity index (χ0n) is 6.73. The average molecular weight is 202 g/mol. The Hall–Kier alpha value is -2.20. The lowest BCUT2D eigenvalue weighted by Gasteiger charge is -1.91. The number of hydrogen-bond donors (Lipinski definition) is 2. The van der Waals surface area contributed by atoms with Crippen LogP contribution in [0.3, 0.4) is 0 Å². The van der Waals surface area contributed by atoms with Gasteiger partial charge in [0.1, 0.15) is 0 Å². The number of rotatable bonds is 2. The van der Waals surface area contributed by atoms with Crippen LogP contribution >= 0.6 is 0 Å². The summed E-state index contributed by atoms with van der Waals surface area (Å²) in [6.07, 6.45) is 2.04. The van der Waals surface area contributed by atoms with Crippen LogP contribution in [0, 0.1) is 20.2 Å². The molecule has 76 valence electrons. The van der Waals surface area contributed by atoms with Gasteiger partial charge in [-0.15, -0.1) is 0 Å². The van der Waals surface area contributed by atoms with Gasteiger partial charge in [0.15, 0.2) is 12.4 Å². The van der Waals surface area contributed by atoms with E-state index in [-0.39, 0.29) is 0 Å². The first-order chi connectivity index (χ1) is 6.63. The average Bonchev–Trinajstić information content (AvgIpc) is 2.20. The predicted molar refractivity (Wildman–Crippen MR) is 43.7 cm³/mol. The van der Waals surface area contributed by atoms with Gasteiger partial charge in [-0.3, -0.25) is 11.7 Å². The van der Waals surface area contributed by atoms with Crippen LogP contribution in [0.15, 0.2) is 12.4 Å². The lowest BCUT2D eigenvalue weighted by atomic mass is 10.6. The molecule has 1 heterocycles. The maximum atomic E-state index is 10.1. The third-order valence-corrected chi connectivity index (χ3v) is 1.01. The van der Waals surface area contributed by atoms with Crippen LogP contribution in [0.5, 0.6) is 0 Å². The number of nitrogens with zero attached hydrogens (tertiary/aromatic N) is 4. The highest BCUT2D eigenvalue weighted by Gasteiger charge is 2.26. The fourth-order valence-corrected chi connectivity index (χ4v) is 0.581. The Morgan fingerprint density at radius 2 is 1.29 bits per heavy atom. The van der Waals surface area contributed by atoms with E-state index in [0.717, 1.165) is 12.4 Å². The number of nitro groups is 2. The van der Waals surface area contributed by atoms with Gasteiger partial charge in [0, 0.05) is 0 Å². The molecule has 0 radical (unpaired) electrons. The summed E-state index contributed by atoms with van der Waals surface area (Å²) in [6, 6.07) is 0. The van der Waals surface area contributed by atoms with Gasteiger partial charge in [-0.25, -0.2) is 0 Å². The number of hydrogen-bond acceptors (Lipinski definition) is 8. The van der Waals surface area contributed by atoms with Crippen LogP contribution in [0.1, 0.15) is 0 Å². The van der Waals surface area contributed by atoms with Gasteiger partial charge < -0.3 is 20.2 Å². The Labute approximate surface area is 76.8 Å². The first kappa shape index (κ1) is 11.8. The summed E-state index contributed by atoms with van der Waals surface area (Å²) in [4.78, 5) is 24.7. The summed E-state index contributed by atoms with van der Waals surface area (Å²) in [7, 11) is 0. The lowest BCUT2D eigenvalue weighted by Crippen LogP contribution is -2.02. The standard InChI is InChI=1S/C4H2N4O4.H4N2/c9-7(10)3-4(8(11)12)6-2-1-5-3;1-2/h1-2H;1-2H2. The molecule has 10 nitrogen and oxygen atoms in total. The molecular formula is C4H6N6O4. The molecule has 0 atom stereocenters. The molecule has 14 heavy (non-hydrogen) atoms. The number of hydrazine groups is 1. The molecule has 0 aromatic carbocycles. The predicted octanol–water partition coefficient (Wildman–Crippen LogP) is -0.888. The minimum Gasteiger partial charge on any atom is -0.358 e. The van der Waals surface area contributed by atoms with E-state index in [0.29, 0.717) is 0 Å². The highest BCUT2D eigenvalue weighted by Crippen LogP contribution is 2.18. The smallest absolute Gasteiger partial charge is 0.358 e. The van der Waals surface area contributed by atoms with Crippen molar-refractivity contribution in [3.8, 4) is 0 Å². The van der Waals surface area contributed by atoms with Crippen LogP contribution in [0.25, 0.3) is 0 Å². The van der Waals surface area contributed by atoms with Crippen molar-refractivity contribution in [1.82, 2.24) is 9.97 Å². The Kier molecular flexibility index (Phi) is 4.59. The minimum atomic E-state index is -0.953. The van der Waals surface area contributed by atoms with Gasteiger partial charge in [-0.2, -0.15) is 0 Å². The summed E-state index contributed by atoms with van der Waals surface area (Å²) >= 11 is 0. The zero-order valence-corrected chi connectivity index (χ0v) is 6.73. The van der Waals surface area contributed by atoms with E-state index in [4.69, 9.17) is 0 Å². The van der Waals surface area contributed by atoms with Crippen molar-refractivity contribution in [2.75, 3.05) is 0 Å². The summed E-state index contributed by atoms with van der Waals surface area (Å²) < 4.78 is 0. The Bertz CT molecular complexity index is 307. The molecule has 1 aromatic rings. The van der Waals surface area contributed by atoms with Crippen molar-refractivity contribution < 1.29 is 9.85 Å². The normalized spacial score (nSPS) is 8.43. The second-order valence-corrected chi connectivity index (χ2v) is 1.72. The summed E-state index contributed by atoms with van der Waals surface area (Å²) in [6.45, 7) is 0. The zero-order chi connectivity index (χ0) is 11.1. The first-order valence-electron chi connectivity index (χ1n) is 3.06. The molecule has 0 aliphatic rings. The number of nitrogens with two attached hydrogens (primary N) is 2. The van der Waals surface area contributed by atoms with Gasteiger partial charge in [0.2, 0.25) is 0 Å². The monoisotopic (exact) mass is 202 g/mol. The van der Waals surface area contributed by atoms with Crippen molar-refractivity contribution in [1.29, 1.82) is 0 Å². The van der Waals surface area contributed by atoms with E-state index < -0.39 is 21.5 Å². The lowest BCUT2D eigenvalue weighted by molar-refractivity contribution is -0.428. The van der Waals surface area contributed by atoms with Crippen molar-refractivity contribution in [2.24, 2.45) is 11.7 Å². The molecule has 0 spiro atoms. The van der Waals surface area contributed by atoms with Crippen molar-refractivity contribution in [2.45, 2.75) is 0 Å². The van der Waals surface area contributed by atoms with E-state index in [1.807, 2.05) is 0 Å². The van der Waals surface area contributed by atoms with Crippen LogP contribution in [0.4, 0.5) is 11.6 Å². The molecule has 0 fully saturated rings. The second kappa shape index (κ2) is 5.45. The Morgan fingerprint density at radius 1 is 1.00 bits per heavy atom. The molecule has 0 aliphatic carbocycles. The van der Waals surface area contributed by atoms with E-state index in [9.17, 15) is 20.2 Å². The molecule has 0 saturated heterocycles. The van der Waals surface area contributed by atoms with Crippen LogP contribution in [-0.4, -0.2) is 19.8 Å². The summed E-state index contributed by atoms with van der Waals surface area (Å²) in [5, 5.41) is 20.2. The maximum absolute atomic E-state index is 10.1. The molecule has 1 rings (SSSR count). The van der Waals surface area contributed by atoms with E-state index in [1.165, 1.54) is 0 Å². The van der Waals surface area contributed by atoms with Gasteiger partial charge in [0.05, 0.1) is 0 Å². The molecule has 10 heteroatoms. The molecule has 0 bridgehead atoms. The Balaban J connectivity index is 0.000000791. The minimum absolute atomic E-state index is 0.845. The van der Waals surface area contributed by atoms with E-state index in [2.05, 4.69) is 21.7 Å². The Morgan fingerprint density at radius 3 is 1.50 bits per heavy atom. The van der Waals surface area contributed by atoms with Gasteiger partial charge >= 0.3 is 11.6 Å². The largest absolute Gasteiger partial charge is 0.463 e. The highest BCUT2D eigenvalue weighted by atomic mass is 16.6. The maximum Gasteiger partial charge on any atom is 0.463 e. The third-order valence-electron chi connectivity index (χ3n) is 1.01. The van der Waals surface area contributed by atoms with Crippen LogP contribution in [-0.2, 0) is 0 Å². The van der Waals surface area contributed by atoms with Gasteiger partial charge in [0.25, 0.3) is 0 Å². The molecule has 0 unspecified atom stereocenters. The van der Waals surface area contributed by atoms with Gasteiger partial charge in [-0.05, 0) is 19.8 Å². The van der Waals surface area contributed by atoms with Gasteiger partial charge in [-0.1, -0.05) is 0 Å². The number of aromatic nitrogens is 2.